The summed E-state index contributed by atoms with van der Waals surface area (Å²) < 4.78 is 0. The number of aromatic nitrogens is 1. The second-order valence-electron chi connectivity index (χ2n) is 8.71. The van der Waals surface area contributed by atoms with Gasteiger partial charge in [-0.3, -0.25) is 14.6 Å². The van der Waals surface area contributed by atoms with Crippen LogP contribution in [0.4, 0.5) is 5.69 Å². The highest BCUT2D eigenvalue weighted by Gasteiger charge is 2.23. The molecule has 0 bridgehead atoms. The molecule has 1 aliphatic heterocycles. The Balaban J connectivity index is 1.79. The minimum absolute atomic E-state index is 0.0520. The van der Waals surface area contributed by atoms with Gasteiger partial charge in [0, 0.05) is 31.2 Å². The van der Waals surface area contributed by atoms with Gasteiger partial charge in [-0.1, -0.05) is 45.9 Å². The molecule has 2 heterocycles. The van der Waals surface area contributed by atoms with Gasteiger partial charge < -0.3 is 10.2 Å². The lowest BCUT2D eigenvalue weighted by Gasteiger charge is -2.31. The molecular weight excluding hydrogens is 350 g/mol. The molecule has 1 aromatic carbocycles. The highest BCUT2D eigenvalue weighted by Crippen LogP contribution is 2.29. The van der Waals surface area contributed by atoms with Gasteiger partial charge in [0.15, 0.2) is 0 Å². The summed E-state index contributed by atoms with van der Waals surface area (Å²) in [4.78, 5) is 31.6. The van der Waals surface area contributed by atoms with Crippen LogP contribution in [0.2, 0.25) is 0 Å². The predicted octanol–water partition coefficient (Wildman–Crippen LogP) is 4.50. The van der Waals surface area contributed by atoms with Gasteiger partial charge in [-0.2, -0.15) is 0 Å². The Bertz CT molecular complexity index is 870. The molecule has 28 heavy (non-hydrogen) atoms. The summed E-state index contributed by atoms with van der Waals surface area (Å²) in [6.45, 7) is 10.0. The molecular formula is C23H29N3O2. The van der Waals surface area contributed by atoms with E-state index in [1.54, 1.807) is 12.3 Å². The standard InChI is InChI=1S/C23H29N3O2/c1-16-8-7-11-26(15-16)22(28)18-12-17(13-24-14-18)21(27)25-20-10-6-5-9-19(20)23(2,3)4/h5-6,9-10,12-14,16H,7-8,11,15H2,1-4H3,(H,25,27). The number of likely N-dealkylation sites (tertiary alicyclic amines) is 1. The van der Waals surface area contributed by atoms with Crippen LogP contribution in [-0.4, -0.2) is 34.8 Å². The molecule has 3 rings (SSSR count). The fourth-order valence-electron chi connectivity index (χ4n) is 3.68. The first-order valence-electron chi connectivity index (χ1n) is 9.91. The fraction of sp³-hybridized carbons (Fsp3) is 0.435. The molecule has 0 radical (unpaired) electrons. The van der Waals surface area contributed by atoms with E-state index in [0.29, 0.717) is 17.0 Å². The number of anilines is 1. The molecule has 2 aromatic rings. The Hall–Kier alpha value is -2.69. The van der Waals surface area contributed by atoms with Crippen molar-refractivity contribution >= 4 is 17.5 Å². The van der Waals surface area contributed by atoms with E-state index in [1.807, 2.05) is 29.2 Å². The maximum atomic E-state index is 12.8. The Labute approximate surface area is 167 Å². The van der Waals surface area contributed by atoms with Crippen molar-refractivity contribution in [2.24, 2.45) is 5.92 Å². The lowest BCUT2D eigenvalue weighted by molar-refractivity contribution is 0.0682. The smallest absolute Gasteiger partial charge is 0.257 e. The first-order valence-corrected chi connectivity index (χ1v) is 9.91. The third-order valence-corrected chi connectivity index (χ3v) is 5.17. The number of piperidine rings is 1. The van der Waals surface area contributed by atoms with Crippen molar-refractivity contribution in [1.29, 1.82) is 0 Å². The van der Waals surface area contributed by atoms with Crippen LogP contribution >= 0.6 is 0 Å². The van der Waals surface area contributed by atoms with E-state index < -0.39 is 0 Å². The molecule has 5 heteroatoms. The van der Waals surface area contributed by atoms with Crippen LogP contribution in [0.5, 0.6) is 0 Å². The SMILES string of the molecule is CC1CCCN(C(=O)c2cncc(C(=O)Nc3ccccc3C(C)(C)C)c2)C1. The number of nitrogens with zero attached hydrogens (tertiary/aromatic N) is 2. The monoisotopic (exact) mass is 379 g/mol. The van der Waals surface area contributed by atoms with Gasteiger partial charge in [-0.25, -0.2) is 0 Å². The van der Waals surface area contributed by atoms with Crippen molar-refractivity contribution in [3.8, 4) is 0 Å². The number of pyridine rings is 1. The minimum atomic E-state index is -0.258. The zero-order chi connectivity index (χ0) is 20.3. The first-order chi connectivity index (χ1) is 13.3. The highest BCUT2D eigenvalue weighted by molar-refractivity contribution is 6.06. The maximum absolute atomic E-state index is 12.8. The highest BCUT2D eigenvalue weighted by atomic mass is 16.2. The summed E-state index contributed by atoms with van der Waals surface area (Å²) in [5.41, 5.74) is 2.60. The number of carbonyl (C=O) groups is 2. The quantitative estimate of drug-likeness (QED) is 0.854. The van der Waals surface area contributed by atoms with E-state index in [-0.39, 0.29) is 17.2 Å². The van der Waals surface area contributed by atoms with Crippen LogP contribution in [0.3, 0.4) is 0 Å². The van der Waals surface area contributed by atoms with Crippen molar-refractivity contribution in [3.05, 3.63) is 59.4 Å². The van der Waals surface area contributed by atoms with E-state index >= 15 is 0 Å². The average Bonchev–Trinajstić information content (AvgIpc) is 2.67. The Morgan fingerprint density at radius 3 is 2.57 bits per heavy atom. The van der Waals surface area contributed by atoms with Crippen molar-refractivity contribution in [2.45, 2.75) is 46.0 Å². The number of para-hydroxylation sites is 1. The van der Waals surface area contributed by atoms with E-state index in [9.17, 15) is 9.59 Å². The lowest BCUT2D eigenvalue weighted by Crippen LogP contribution is -2.39. The van der Waals surface area contributed by atoms with Crippen molar-refractivity contribution in [3.63, 3.8) is 0 Å². The second kappa shape index (κ2) is 8.13. The number of nitrogens with one attached hydrogen (secondary N) is 1. The number of hydrogen-bond donors (Lipinski definition) is 1. The molecule has 1 aliphatic rings. The van der Waals surface area contributed by atoms with E-state index in [2.05, 4.69) is 38.0 Å². The van der Waals surface area contributed by atoms with Crippen LogP contribution in [0, 0.1) is 5.92 Å². The van der Waals surface area contributed by atoms with Gasteiger partial charge in [-0.15, -0.1) is 0 Å². The van der Waals surface area contributed by atoms with Gasteiger partial charge in [0.25, 0.3) is 11.8 Å². The van der Waals surface area contributed by atoms with E-state index in [1.165, 1.54) is 6.20 Å². The predicted molar refractivity (Wildman–Crippen MR) is 112 cm³/mol. The molecule has 1 N–H and O–H groups in total. The maximum Gasteiger partial charge on any atom is 0.257 e. The van der Waals surface area contributed by atoms with E-state index in [4.69, 9.17) is 0 Å². The fourth-order valence-corrected chi connectivity index (χ4v) is 3.68. The summed E-state index contributed by atoms with van der Waals surface area (Å²) in [5.74, 6) is 0.195. The van der Waals surface area contributed by atoms with Gasteiger partial charge in [0.2, 0.25) is 0 Å². The summed E-state index contributed by atoms with van der Waals surface area (Å²) >= 11 is 0. The first kappa shape index (κ1) is 20.1. The largest absolute Gasteiger partial charge is 0.338 e. The third kappa shape index (κ3) is 4.58. The Morgan fingerprint density at radius 1 is 1.14 bits per heavy atom. The van der Waals surface area contributed by atoms with Gasteiger partial charge in [0.05, 0.1) is 11.1 Å². The van der Waals surface area contributed by atoms with Crippen LogP contribution in [0.1, 0.15) is 66.8 Å². The number of amides is 2. The van der Waals surface area contributed by atoms with Gasteiger partial charge >= 0.3 is 0 Å². The molecule has 5 nitrogen and oxygen atoms in total. The Morgan fingerprint density at radius 2 is 1.86 bits per heavy atom. The minimum Gasteiger partial charge on any atom is -0.338 e. The van der Waals surface area contributed by atoms with Crippen molar-refractivity contribution in [1.82, 2.24) is 9.88 Å². The number of hydrogen-bond acceptors (Lipinski definition) is 3. The van der Waals surface area contributed by atoms with Crippen LogP contribution in [-0.2, 0) is 5.41 Å². The molecule has 1 atom stereocenters. The molecule has 1 unspecified atom stereocenters. The molecule has 1 saturated heterocycles. The topological polar surface area (TPSA) is 62.3 Å². The van der Waals surface area contributed by atoms with Crippen LogP contribution in [0.15, 0.2) is 42.7 Å². The number of carbonyl (C=O) groups excluding carboxylic acids is 2. The normalized spacial score (nSPS) is 17.3. The summed E-state index contributed by atoms with van der Waals surface area (Å²) in [6.07, 6.45) is 5.22. The molecule has 0 aliphatic carbocycles. The number of rotatable bonds is 3. The summed E-state index contributed by atoms with van der Waals surface area (Å²) in [5, 5.41) is 2.98. The molecule has 148 valence electrons. The summed E-state index contributed by atoms with van der Waals surface area (Å²) in [7, 11) is 0. The number of benzene rings is 1. The summed E-state index contributed by atoms with van der Waals surface area (Å²) in [6, 6.07) is 9.43. The molecule has 0 spiro atoms. The van der Waals surface area contributed by atoms with Gasteiger partial charge in [-0.05, 0) is 41.9 Å². The lowest BCUT2D eigenvalue weighted by atomic mass is 9.86. The van der Waals surface area contributed by atoms with Crippen molar-refractivity contribution < 1.29 is 9.59 Å². The van der Waals surface area contributed by atoms with Gasteiger partial charge in [0.1, 0.15) is 0 Å². The zero-order valence-electron chi connectivity index (χ0n) is 17.2. The van der Waals surface area contributed by atoms with Crippen LogP contribution in [0.25, 0.3) is 0 Å². The molecule has 2 amide bonds. The zero-order valence-corrected chi connectivity index (χ0v) is 17.2. The third-order valence-electron chi connectivity index (χ3n) is 5.17. The molecule has 1 aromatic heterocycles. The molecule has 0 saturated carbocycles. The van der Waals surface area contributed by atoms with Crippen LogP contribution < -0.4 is 5.32 Å². The van der Waals surface area contributed by atoms with E-state index in [0.717, 1.165) is 37.2 Å². The molecule has 1 fully saturated rings. The van der Waals surface area contributed by atoms with Crippen molar-refractivity contribution in [2.75, 3.05) is 18.4 Å². The Kier molecular flexibility index (Phi) is 5.82. The second-order valence-corrected chi connectivity index (χ2v) is 8.71. The average molecular weight is 380 g/mol.